The fraction of sp³-hybridized carbons (Fsp3) is 0.467. The van der Waals surface area contributed by atoms with E-state index in [1.165, 1.54) is 25.1 Å². The summed E-state index contributed by atoms with van der Waals surface area (Å²) < 4.78 is 51.5. The smallest absolute Gasteiger partial charge is 0.473 e. The highest BCUT2D eigenvalue weighted by molar-refractivity contribution is 6.13. The first-order chi connectivity index (χ1) is 19.4. The number of ketones is 1. The molecule has 1 heterocycles. The third kappa shape index (κ3) is 6.85. The average molecular weight is 591 g/mol. The maximum Gasteiger partial charge on any atom is 0.473 e. The van der Waals surface area contributed by atoms with Crippen molar-refractivity contribution in [3.63, 3.8) is 0 Å². The Balaban J connectivity index is 2.15. The lowest BCUT2D eigenvalue weighted by Crippen LogP contribution is -2.33. The molecule has 0 saturated heterocycles. The zero-order valence-electron chi connectivity index (χ0n) is 25.3. The van der Waals surface area contributed by atoms with Gasteiger partial charge in [-0.15, -0.1) is 0 Å². The normalized spacial score (nSPS) is 14.2. The van der Waals surface area contributed by atoms with Crippen LogP contribution in [0, 0.1) is 0 Å². The van der Waals surface area contributed by atoms with E-state index in [2.05, 4.69) is 10.3 Å². The van der Waals surface area contributed by atoms with Crippen LogP contribution in [-0.4, -0.2) is 75.4 Å². The van der Waals surface area contributed by atoms with Gasteiger partial charge in [0.15, 0.2) is 17.3 Å². The van der Waals surface area contributed by atoms with E-state index in [0.29, 0.717) is 28.3 Å². The quantitative estimate of drug-likeness (QED) is 0.444. The van der Waals surface area contributed by atoms with E-state index in [1.54, 1.807) is 37.2 Å². The summed E-state index contributed by atoms with van der Waals surface area (Å²) in [5.41, 5.74) is 1.91. The molecule has 0 spiro atoms. The van der Waals surface area contributed by atoms with Crippen LogP contribution < -0.4 is 19.7 Å². The molecule has 1 N–H and O–H groups in total. The number of amides is 2. The summed E-state index contributed by atoms with van der Waals surface area (Å²) in [5, 5.41) is 2.52. The zero-order chi connectivity index (χ0) is 31.7. The lowest BCUT2D eigenvalue weighted by Gasteiger charge is -2.26. The Labute approximate surface area is 243 Å². The van der Waals surface area contributed by atoms with Crippen molar-refractivity contribution in [2.75, 3.05) is 39.7 Å². The predicted molar refractivity (Wildman–Crippen MR) is 154 cm³/mol. The Kier molecular flexibility index (Phi) is 9.28. The molecule has 0 aromatic heterocycles. The molecule has 0 unspecified atom stereocenters. The van der Waals surface area contributed by atoms with Crippen LogP contribution in [0.5, 0.6) is 11.5 Å². The number of anilines is 1. The van der Waals surface area contributed by atoms with Crippen LogP contribution in [0.1, 0.15) is 72.0 Å². The van der Waals surface area contributed by atoms with Crippen molar-refractivity contribution in [3.05, 3.63) is 52.1 Å². The average Bonchev–Trinajstić information content (AvgIpc) is 3.20. The molecular weight excluding hydrogens is 553 g/mol. The lowest BCUT2D eigenvalue weighted by molar-refractivity contribution is -0.169. The number of ether oxygens (including phenoxy) is 2. The van der Waals surface area contributed by atoms with Crippen LogP contribution in [0.15, 0.2) is 29.3 Å². The Morgan fingerprint density at radius 2 is 1.74 bits per heavy atom. The number of hydrogen-bond acceptors (Lipinski definition) is 6. The number of nitrogens with zero attached hydrogens (tertiary/aromatic N) is 3. The largest absolute Gasteiger partial charge is 0.493 e. The zero-order valence-corrected chi connectivity index (χ0v) is 25.3. The fourth-order valence-corrected chi connectivity index (χ4v) is 4.67. The number of aliphatic imine (C=N–C) groups is 1. The van der Waals surface area contributed by atoms with Gasteiger partial charge in [0.05, 0.1) is 25.3 Å². The number of benzene rings is 2. The SMILES string of the molecule is CNC(=O)c1cc2c(cc1N(C)C)CN(CC(=O)c1cc(OC(C)C)c(OC)c(C(C)(C)C)c1)C2=NC(=O)C(F)(F)F. The van der Waals surface area contributed by atoms with Crippen LogP contribution in [0.3, 0.4) is 0 Å². The molecule has 2 aromatic rings. The maximum absolute atomic E-state index is 13.7. The molecule has 1 aliphatic rings. The van der Waals surface area contributed by atoms with Gasteiger partial charge in [-0.1, -0.05) is 20.8 Å². The number of Topliss-reactive ketones (excluding diaryl/α,β-unsaturated/α-hetero) is 1. The predicted octanol–water partition coefficient (Wildman–Crippen LogP) is 4.74. The van der Waals surface area contributed by atoms with Crippen molar-refractivity contribution < 1.29 is 37.0 Å². The van der Waals surface area contributed by atoms with Gasteiger partial charge in [-0.3, -0.25) is 14.4 Å². The van der Waals surface area contributed by atoms with E-state index in [1.807, 2.05) is 34.6 Å². The highest BCUT2D eigenvalue weighted by Gasteiger charge is 2.41. The van der Waals surface area contributed by atoms with Crippen molar-refractivity contribution in [1.82, 2.24) is 10.2 Å². The first kappa shape index (κ1) is 32.4. The summed E-state index contributed by atoms with van der Waals surface area (Å²) in [6.45, 7) is 9.14. The highest BCUT2D eigenvalue weighted by Crippen LogP contribution is 2.40. The number of carbonyl (C=O) groups excluding carboxylic acids is 3. The van der Waals surface area contributed by atoms with Crippen LogP contribution in [0.25, 0.3) is 0 Å². The number of fused-ring (bicyclic) bond motifs is 1. The van der Waals surface area contributed by atoms with Crippen LogP contribution >= 0.6 is 0 Å². The molecule has 2 aromatic carbocycles. The summed E-state index contributed by atoms with van der Waals surface area (Å²) >= 11 is 0. The van der Waals surface area contributed by atoms with E-state index in [9.17, 15) is 27.6 Å². The molecule has 42 heavy (non-hydrogen) atoms. The second-order valence-electron chi connectivity index (χ2n) is 11.5. The molecule has 0 fully saturated rings. The van der Waals surface area contributed by atoms with E-state index >= 15 is 0 Å². The van der Waals surface area contributed by atoms with Crippen LogP contribution in [-0.2, 0) is 16.8 Å². The number of hydrogen-bond donors (Lipinski definition) is 1. The molecule has 1 aliphatic heterocycles. The van der Waals surface area contributed by atoms with Gasteiger partial charge in [-0.05, 0) is 49.1 Å². The minimum atomic E-state index is -5.22. The van der Waals surface area contributed by atoms with Crippen molar-refractivity contribution in [2.45, 2.75) is 58.9 Å². The van der Waals surface area contributed by atoms with E-state index in [4.69, 9.17) is 9.47 Å². The standard InChI is InChI=1S/C30H37F3N4O5/c1-16(2)42-24-12-17(10-21(25(24)41-9)29(3,4)5)23(38)15-37-14-18-11-22(36(7)8)20(27(39)34-6)13-19(18)26(37)35-28(40)30(31,32)33/h10-13,16H,14-15H2,1-9H3,(H,34,39). The summed E-state index contributed by atoms with van der Waals surface area (Å²) in [6, 6.07) is 6.28. The van der Waals surface area contributed by atoms with Crippen molar-refractivity contribution >= 4 is 29.1 Å². The van der Waals surface area contributed by atoms with Gasteiger partial charge < -0.3 is 24.6 Å². The second kappa shape index (κ2) is 12.0. The Morgan fingerprint density at radius 1 is 1.10 bits per heavy atom. The van der Waals surface area contributed by atoms with Crippen molar-refractivity contribution in [2.24, 2.45) is 4.99 Å². The third-order valence-corrected chi connectivity index (χ3v) is 6.61. The molecule has 9 nitrogen and oxygen atoms in total. The molecule has 0 atom stereocenters. The summed E-state index contributed by atoms with van der Waals surface area (Å²) in [7, 11) is 6.38. The summed E-state index contributed by atoms with van der Waals surface area (Å²) in [4.78, 5) is 44.8. The Hall–Kier alpha value is -4.09. The minimum Gasteiger partial charge on any atom is -0.493 e. The van der Waals surface area contributed by atoms with Crippen LogP contribution in [0.2, 0.25) is 0 Å². The Bertz CT molecular complexity index is 1430. The number of alkyl halides is 3. The minimum absolute atomic E-state index is 0.00244. The molecule has 2 amide bonds. The van der Waals surface area contributed by atoms with Gasteiger partial charge >= 0.3 is 12.1 Å². The molecule has 12 heteroatoms. The maximum atomic E-state index is 13.7. The number of nitrogens with one attached hydrogen (secondary N) is 1. The van der Waals surface area contributed by atoms with Gasteiger partial charge in [0.25, 0.3) is 5.91 Å². The molecule has 0 aliphatic carbocycles. The molecule has 0 radical (unpaired) electrons. The van der Waals surface area contributed by atoms with Gasteiger partial charge in [0.2, 0.25) is 0 Å². The van der Waals surface area contributed by atoms with Gasteiger partial charge in [-0.2, -0.15) is 18.2 Å². The molecule has 0 bridgehead atoms. The van der Waals surface area contributed by atoms with Crippen LogP contribution in [0.4, 0.5) is 18.9 Å². The summed E-state index contributed by atoms with van der Waals surface area (Å²) in [5.74, 6) is -2.70. The number of halogens is 3. The molecule has 3 rings (SSSR count). The summed E-state index contributed by atoms with van der Waals surface area (Å²) in [6.07, 6.45) is -5.45. The molecule has 0 saturated carbocycles. The van der Waals surface area contributed by atoms with E-state index < -0.39 is 29.2 Å². The fourth-order valence-electron chi connectivity index (χ4n) is 4.67. The van der Waals surface area contributed by atoms with Gasteiger partial charge in [0, 0.05) is 50.1 Å². The number of rotatable bonds is 8. The topological polar surface area (TPSA) is 101 Å². The van der Waals surface area contributed by atoms with Gasteiger partial charge in [-0.25, -0.2) is 0 Å². The monoisotopic (exact) mass is 590 g/mol. The van der Waals surface area contributed by atoms with E-state index in [-0.39, 0.29) is 41.7 Å². The lowest BCUT2D eigenvalue weighted by atomic mass is 9.84. The van der Waals surface area contributed by atoms with E-state index in [0.717, 1.165) is 0 Å². The molecular formula is C30H37F3N4O5. The third-order valence-electron chi connectivity index (χ3n) is 6.61. The first-order valence-electron chi connectivity index (χ1n) is 13.3. The second-order valence-corrected chi connectivity index (χ2v) is 11.5. The Morgan fingerprint density at radius 3 is 2.24 bits per heavy atom. The van der Waals surface area contributed by atoms with Crippen molar-refractivity contribution in [3.8, 4) is 11.5 Å². The number of amidine groups is 1. The van der Waals surface area contributed by atoms with Gasteiger partial charge in [0.1, 0.15) is 5.84 Å². The molecule has 228 valence electrons. The number of carbonyl (C=O) groups is 3. The van der Waals surface area contributed by atoms with Crippen molar-refractivity contribution in [1.29, 1.82) is 0 Å². The highest BCUT2D eigenvalue weighted by atomic mass is 19.4. The number of methoxy groups -OCH3 is 1. The first-order valence-corrected chi connectivity index (χ1v) is 13.3.